The van der Waals surface area contributed by atoms with Crippen molar-refractivity contribution < 1.29 is 27.8 Å². The van der Waals surface area contributed by atoms with Crippen LogP contribution in [0.4, 0.5) is 13.2 Å². The molecule has 184 valence electrons. The molecule has 1 atom stereocenters. The third-order valence-corrected chi connectivity index (χ3v) is 6.83. The number of alkyl halides is 3. The maximum absolute atomic E-state index is 12.9. The van der Waals surface area contributed by atoms with Gasteiger partial charge >= 0.3 is 11.9 Å². The predicted octanol–water partition coefficient (Wildman–Crippen LogP) is 4.24. The zero-order valence-corrected chi connectivity index (χ0v) is 19.5. The molecule has 35 heavy (non-hydrogen) atoms. The highest BCUT2D eigenvalue weighted by atomic mass is 32.1. The molecule has 4 aromatic rings. The Morgan fingerprint density at radius 2 is 1.83 bits per heavy atom. The average molecular weight is 507 g/mol. The molecule has 0 amide bonds. The molecule has 2 aromatic carbocycles. The molecule has 0 spiro atoms. The van der Waals surface area contributed by atoms with Crippen LogP contribution in [0.25, 0.3) is 20.7 Å². The zero-order chi connectivity index (χ0) is 25.3. The van der Waals surface area contributed by atoms with Gasteiger partial charge in [-0.1, -0.05) is 30.3 Å². The summed E-state index contributed by atoms with van der Waals surface area (Å²) in [4.78, 5) is 27.5. The van der Waals surface area contributed by atoms with Crippen LogP contribution in [0.5, 0.6) is 11.5 Å². The lowest BCUT2D eigenvalue weighted by Crippen LogP contribution is -2.38. The predicted molar refractivity (Wildman–Crippen MR) is 126 cm³/mol. The standard InChI is InChI=1S/C24H21F3N2O5S/c1-13-19-21(31)28-23(32)29(11-18(30)24(25,26)27)22(19)35-20(13)15-8-9-16(17(10-15)33-2)34-12-14-6-4-3-5-7-14/h3-10,18,30H,11-12H2,1-2H3,(H,28,31,32). The van der Waals surface area contributed by atoms with Crippen molar-refractivity contribution in [3.05, 3.63) is 80.5 Å². The smallest absolute Gasteiger partial charge is 0.416 e. The van der Waals surface area contributed by atoms with Crippen LogP contribution in [-0.2, 0) is 13.2 Å². The molecule has 0 aliphatic heterocycles. The SMILES string of the molecule is COc1cc(-c2sc3c(c2C)c(=O)[nH]c(=O)n3CC(O)C(F)(F)F)ccc1OCc1ccccc1. The number of nitrogens with one attached hydrogen (secondary N) is 1. The van der Waals surface area contributed by atoms with Gasteiger partial charge in [0, 0.05) is 4.88 Å². The Bertz CT molecular complexity index is 1480. The van der Waals surface area contributed by atoms with Crippen LogP contribution in [0.3, 0.4) is 0 Å². The maximum Gasteiger partial charge on any atom is 0.416 e. The fourth-order valence-electron chi connectivity index (χ4n) is 3.66. The molecule has 0 aliphatic rings. The number of fused-ring (bicyclic) bond motifs is 1. The Hall–Kier alpha value is -3.57. The Kier molecular flexibility index (Phi) is 6.73. The molecule has 0 bridgehead atoms. The molecule has 7 nitrogen and oxygen atoms in total. The zero-order valence-electron chi connectivity index (χ0n) is 18.7. The van der Waals surface area contributed by atoms with Crippen LogP contribution in [0, 0.1) is 6.92 Å². The molecule has 2 aromatic heterocycles. The number of aliphatic hydroxyl groups excluding tert-OH is 1. The molecule has 2 heterocycles. The van der Waals surface area contributed by atoms with Crippen molar-refractivity contribution in [2.24, 2.45) is 0 Å². The highest BCUT2D eigenvalue weighted by Crippen LogP contribution is 2.40. The van der Waals surface area contributed by atoms with E-state index in [0.29, 0.717) is 34.1 Å². The monoisotopic (exact) mass is 506 g/mol. The van der Waals surface area contributed by atoms with Gasteiger partial charge in [0.25, 0.3) is 5.56 Å². The quantitative estimate of drug-likeness (QED) is 0.391. The van der Waals surface area contributed by atoms with E-state index in [1.54, 1.807) is 25.1 Å². The topological polar surface area (TPSA) is 93.6 Å². The van der Waals surface area contributed by atoms with E-state index in [0.717, 1.165) is 21.5 Å². The van der Waals surface area contributed by atoms with E-state index in [1.165, 1.54) is 7.11 Å². The summed E-state index contributed by atoms with van der Waals surface area (Å²) in [6.45, 7) is 0.928. The first-order valence-electron chi connectivity index (χ1n) is 10.5. The summed E-state index contributed by atoms with van der Waals surface area (Å²) in [5.74, 6) is 0.913. The second-order valence-corrected chi connectivity index (χ2v) is 8.80. The Morgan fingerprint density at radius 3 is 2.49 bits per heavy atom. The molecule has 0 radical (unpaired) electrons. The molecule has 0 saturated heterocycles. The van der Waals surface area contributed by atoms with Crippen molar-refractivity contribution in [2.45, 2.75) is 32.4 Å². The number of hydrogen-bond acceptors (Lipinski definition) is 6. The van der Waals surface area contributed by atoms with Gasteiger partial charge in [0.05, 0.1) is 19.0 Å². The summed E-state index contributed by atoms with van der Waals surface area (Å²) >= 11 is 0.988. The molecular weight excluding hydrogens is 485 g/mol. The van der Waals surface area contributed by atoms with E-state index in [9.17, 15) is 27.9 Å². The highest BCUT2D eigenvalue weighted by Gasteiger charge is 2.39. The van der Waals surface area contributed by atoms with Gasteiger partial charge in [0.15, 0.2) is 17.6 Å². The van der Waals surface area contributed by atoms with Gasteiger partial charge in [-0.05, 0) is 41.8 Å². The molecule has 1 unspecified atom stereocenters. The summed E-state index contributed by atoms with van der Waals surface area (Å²) in [6, 6.07) is 14.7. The van der Waals surface area contributed by atoms with Gasteiger partial charge in [0.2, 0.25) is 0 Å². The molecule has 0 fully saturated rings. The number of thiophene rings is 1. The van der Waals surface area contributed by atoms with Crippen molar-refractivity contribution in [2.75, 3.05) is 7.11 Å². The fourth-order valence-corrected chi connectivity index (χ4v) is 4.96. The maximum atomic E-state index is 12.9. The highest BCUT2D eigenvalue weighted by molar-refractivity contribution is 7.22. The first-order chi connectivity index (χ1) is 16.6. The second kappa shape index (κ2) is 9.59. The van der Waals surface area contributed by atoms with Gasteiger partial charge in [-0.3, -0.25) is 14.3 Å². The van der Waals surface area contributed by atoms with Crippen molar-refractivity contribution in [1.29, 1.82) is 0 Å². The number of halogens is 3. The van der Waals surface area contributed by atoms with Gasteiger partial charge in [-0.15, -0.1) is 11.3 Å². The number of benzene rings is 2. The summed E-state index contributed by atoms with van der Waals surface area (Å²) < 4.78 is 50.9. The van der Waals surface area contributed by atoms with Gasteiger partial charge in [-0.2, -0.15) is 13.2 Å². The largest absolute Gasteiger partial charge is 0.493 e. The second-order valence-electron chi connectivity index (χ2n) is 7.80. The normalized spacial score (nSPS) is 12.6. The summed E-state index contributed by atoms with van der Waals surface area (Å²) in [5.41, 5.74) is 0.347. The van der Waals surface area contributed by atoms with Crippen LogP contribution in [0.15, 0.2) is 58.1 Å². The van der Waals surface area contributed by atoms with Crippen LogP contribution >= 0.6 is 11.3 Å². The lowest BCUT2D eigenvalue weighted by Gasteiger charge is -2.15. The summed E-state index contributed by atoms with van der Waals surface area (Å²) in [6.07, 6.45) is -7.68. The van der Waals surface area contributed by atoms with Crippen molar-refractivity contribution in [3.63, 3.8) is 0 Å². The van der Waals surface area contributed by atoms with Gasteiger partial charge in [0.1, 0.15) is 11.4 Å². The summed E-state index contributed by atoms with van der Waals surface area (Å²) in [5, 5.41) is 9.60. The number of aromatic nitrogens is 2. The number of aromatic amines is 1. The minimum Gasteiger partial charge on any atom is -0.493 e. The van der Waals surface area contributed by atoms with E-state index in [1.807, 2.05) is 35.3 Å². The number of aryl methyl sites for hydroxylation is 1. The van der Waals surface area contributed by atoms with Crippen LogP contribution in [0.2, 0.25) is 0 Å². The molecule has 2 N–H and O–H groups in total. The number of aliphatic hydroxyl groups is 1. The number of nitrogens with zero attached hydrogens (tertiary/aromatic N) is 1. The third-order valence-electron chi connectivity index (χ3n) is 5.46. The Morgan fingerprint density at radius 1 is 1.11 bits per heavy atom. The van der Waals surface area contributed by atoms with E-state index >= 15 is 0 Å². The minimum absolute atomic E-state index is 0.0397. The number of H-pyrrole nitrogens is 1. The number of rotatable bonds is 7. The van der Waals surface area contributed by atoms with Crippen molar-refractivity contribution >= 4 is 21.6 Å². The van der Waals surface area contributed by atoms with Crippen LogP contribution in [-0.4, -0.2) is 34.0 Å². The van der Waals surface area contributed by atoms with Crippen molar-refractivity contribution in [3.8, 4) is 21.9 Å². The van der Waals surface area contributed by atoms with Crippen LogP contribution < -0.4 is 20.7 Å². The molecule has 0 aliphatic carbocycles. The molecule has 4 rings (SSSR count). The lowest BCUT2D eigenvalue weighted by molar-refractivity contribution is -0.207. The average Bonchev–Trinajstić information content (AvgIpc) is 3.17. The fraction of sp³-hybridized carbons (Fsp3) is 0.250. The Balaban J connectivity index is 1.75. The van der Waals surface area contributed by atoms with Crippen molar-refractivity contribution in [1.82, 2.24) is 9.55 Å². The molecule has 11 heteroatoms. The number of ether oxygens (including phenoxy) is 2. The first-order valence-corrected chi connectivity index (χ1v) is 11.3. The van der Waals surface area contributed by atoms with Gasteiger partial charge in [-0.25, -0.2) is 4.79 Å². The van der Waals surface area contributed by atoms with Crippen LogP contribution in [0.1, 0.15) is 11.1 Å². The minimum atomic E-state index is -4.92. The molecular formula is C24H21F3N2O5S. The number of hydrogen-bond donors (Lipinski definition) is 2. The molecule has 0 saturated carbocycles. The lowest BCUT2D eigenvalue weighted by atomic mass is 10.1. The third kappa shape index (κ3) is 4.96. The van der Waals surface area contributed by atoms with Gasteiger partial charge < -0.3 is 14.6 Å². The Labute approximate surface area is 201 Å². The van der Waals surface area contributed by atoms with E-state index in [-0.39, 0.29) is 10.2 Å². The number of methoxy groups -OCH3 is 1. The first kappa shape index (κ1) is 24.6. The van der Waals surface area contributed by atoms with E-state index in [4.69, 9.17) is 9.47 Å². The van der Waals surface area contributed by atoms with E-state index < -0.39 is 30.1 Å². The summed E-state index contributed by atoms with van der Waals surface area (Å²) in [7, 11) is 1.48. The van der Waals surface area contributed by atoms with E-state index in [2.05, 4.69) is 0 Å².